The molecule has 0 amide bonds. The number of halogens is 1. The third-order valence-corrected chi connectivity index (χ3v) is 3.09. The van der Waals surface area contributed by atoms with Crippen molar-refractivity contribution in [2.24, 2.45) is 10.1 Å². The zero-order valence-corrected chi connectivity index (χ0v) is 13.6. The van der Waals surface area contributed by atoms with E-state index in [1.165, 1.54) is 0 Å². The van der Waals surface area contributed by atoms with Gasteiger partial charge in [-0.2, -0.15) is 0 Å². The van der Waals surface area contributed by atoms with E-state index in [4.69, 9.17) is 5.14 Å². The minimum atomic E-state index is -3.44. The Bertz CT molecular complexity index is 387. The number of hydrogen-bond acceptors (Lipinski definition) is 3. The molecule has 106 valence electrons. The summed E-state index contributed by atoms with van der Waals surface area (Å²) >= 11 is 0. The lowest BCUT2D eigenvalue weighted by Gasteiger charge is -2.16. The van der Waals surface area contributed by atoms with Gasteiger partial charge in [-0.1, -0.05) is 12.2 Å². The Morgan fingerprint density at radius 2 is 2.06 bits per heavy atom. The molecule has 0 bridgehead atoms. The van der Waals surface area contributed by atoms with Gasteiger partial charge in [0.15, 0.2) is 5.96 Å². The van der Waals surface area contributed by atoms with Crippen LogP contribution in [0.25, 0.3) is 0 Å². The predicted molar refractivity (Wildman–Crippen MR) is 84.7 cm³/mol. The van der Waals surface area contributed by atoms with E-state index < -0.39 is 10.0 Å². The number of primary sulfonamides is 1. The molecular weight excluding hydrogens is 367 g/mol. The van der Waals surface area contributed by atoms with E-state index in [0.717, 1.165) is 19.4 Å². The first kappa shape index (κ1) is 17.6. The molecule has 0 saturated heterocycles. The average molecular weight is 388 g/mol. The van der Waals surface area contributed by atoms with Crippen molar-refractivity contribution in [3.63, 3.8) is 0 Å². The first-order valence-corrected chi connectivity index (χ1v) is 7.43. The van der Waals surface area contributed by atoms with Gasteiger partial charge in [-0.05, 0) is 19.8 Å². The third-order valence-electron chi connectivity index (χ3n) is 2.34. The molecule has 0 heterocycles. The molecule has 0 aromatic heterocycles. The summed E-state index contributed by atoms with van der Waals surface area (Å²) in [5, 5.41) is 11.2. The number of aliphatic imine (C=N–C) groups is 1. The van der Waals surface area contributed by atoms with E-state index in [1.807, 2.05) is 6.92 Å². The van der Waals surface area contributed by atoms with Crippen LogP contribution in [0.15, 0.2) is 17.1 Å². The molecule has 1 aliphatic rings. The van der Waals surface area contributed by atoms with E-state index in [9.17, 15) is 8.42 Å². The van der Waals surface area contributed by atoms with Crippen LogP contribution in [0.2, 0.25) is 0 Å². The van der Waals surface area contributed by atoms with Gasteiger partial charge in [0.05, 0.1) is 12.3 Å². The molecule has 18 heavy (non-hydrogen) atoms. The Morgan fingerprint density at radius 3 is 2.56 bits per heavy atom. The van der Waals surface area contributed by atoms with Crippen LogP contribution in [-0.2, 0) is 10.0 Å². The number of hydrogen-bond donors (Lipinski definition) is 3. The summed E-state index contributed by atoms with van der Waals surface area (Å²) in [7, 11) is -3.44. The lowest BCUT2D eigenvalue weighted by Crippen LogP contribution is -2.42. The van der Waals surface area contributed by atoms with Crippen LogP contribution in [0.3, 0.4) is 0 Å². The normalized spacial score (nSPS) is 16.4. The SMILES string of the molecule is CCNC(=NCCS(N)(=O)=O)NC1CC=CC1.I. The quantitative estimate of drug-likeness (QED) is 0.271. The maximum Gasteiger partial charge on any atom is 0.210 e. The molecule has 4 N–H and O–H groups in total. The van der Waals surface area contributed by atoms with Crippen molar-refractivity contribution in [3.05, 3.63) is 12.2 Å². The van der Waals surface area contributed by atoms with Gasteiger partial charge in [0.2, 0.25) is 10.0 Å². The molecule has 0 atom stereocenters. The summed E-state index contributed by atoms with van der Waals surface area (Å²) < 4.78 is 21.5. The smallest absolute Gasteiger partial charge is 0.210 e. The van der Waals surface area contributed by atoms with Gasteiger partial charge in [0.25, 0.3) is 0 Å². The van der Waals surface area contributed by atoms with Crippen molar-refractivity contribution in [3.8, 4) is 0 Å². The number of guanidine groups is 1. The van der Waals surface area contributed by atoms with E-state index >= 15 is 0 Å². The van der Waals surface area contributed by atoms with Gasteiger partial charge >= 0.3 is 0 Å². The van der Waals surface area contributed by atoms with Gasteiger partial charge in [-0.3, -0.25) is 4.99 Å². The maximum absolute atomic E-state index is 10.8. The molecular formula is C10H21IN4O2S. The Morgan fingerprint density at radius 1 is 1.44 bits per heavy atom. The predicted octanol–water partition coefficient (Wildman–Crippen LogP) is 0.167. The Labute approximate surface area is 126 Å². The minimum Gasteiger partial charge on any atom is -0.357 e. The minimum absolute atomic E-state index is 0. The van der Waals surface area contributed by atoms with Gasteiger partial charge in [-0.25, -0.2) is 13.6 Å². The Hall–Kier alpha value is -0.350. The van der Waals surface area contributed by atoms with Crippen LogP contribution < -0.4 is 15.8 Å². The van der Waals surface area contributed by atoms with Crippen LogP contribution >= 0.6 is 24.0 Å². The molecule has 0 unspecified atom stereocenters. The van der Waals surface area contributed by atoms with Crippen LogP contribution in [0, 0.1) is 0 Å². The van der Waals surface area contributed by atoms with Crippen molar-refractivity contribution in [1.82, 2.24) is 10.6 Å². The monoisotopic (exact) mass is 388 g/mol. The second kappa shape index (κ2) is 8.70. The highest BCUT2D eigenvalue weighted by molar-refractivity contribution is 14.0. The fraction of sp³-hybridized carbons (Fsp3) is 0.700. The molecule has 0 aliphatic heterocycles. The van der Waals surface area contributed by atoms with E-state index in [2.05, 4.69) is 27.8 Å². The summed E-state index contributed by atoms with van der Waals surface area (Å²) in [5.74, 6) is 0.511. The van der Waals surface area contributed by atoms with E-state index in [-0.39, 0.29) is 36.3 Å². The third kappa shape index (κ3) is 7.88. The number of sulfonamides is 1. The second-order valence-electron chi connectivity index (χ2n) is 3.91. The summed E-state index contributed by atoms with van der Waals surface area (Å²) in [5.41, 5.74) is 0. The lowest BCUT2D eigenvalue weighted by molar-refractivity contribution is 0.597. The molecule has 1 aliphatic carbocycles. The molecule has 1 rings (SSSR count). The van der Waals surface area contributed by atoms with Crippen molar-refractivity contribution >= 4 is 40.0 Å². The summed E-state index contributed by atoms with van der Waals surface area (Å²) in [6.45, 7) is 2.87. The Balaban J connectivity index is 0.00000289. The van der Waals surface area contributed by atoms with Crippen molar-refractivity contribution in [2.45, 2.75) is 25.8 Å². The molecule has 0 fully saturated rings. The zero-order valence-electron chi connectivity index (χ0n) is 10.4. The summed E-state index contributed by atoms with van der Waals surface area (Å²) in [4.78, 5) is 4.17. The number of nitrogens with two attached hydrogens (primary N) is 1. The molecule has 8 heteroatoms. The van der Waals surface area contributed by atoms with Gasteiger partial charge in [-0.15, -0.1) is 24.0 Å². The largest absolute Gasteiger partial charge is 0.357 e. The fourth-order valence-corrected chi connectivity index (χ4v) is 1.88. The van der Waals surface area contributed by atoms with E-state index in [1.54, 1.807) is 0 Å². The standard InChI is InChI=1S/C10H20N4O2S.HI/c1-2-12-10(13-7-8-17(11,15)16)14-9-5-3-4-6-9;/h3-4,9H,2,5-8H2,1H3,(H2,11,15,16)(H2,12,13,14);1H. The topological polar surface area (TPSA) is 96.6 Å². The van der Waals surface area contributed by atoms with Crippen LogP contribution in [-0.4, -0.2) is 39.3 Å². The molecule has 0 aromatic rings. The Kier molecular flexibility index (Phi) is 8.53. The lowest BCUT2D eigenvalue weighted by atomic mass is 10.2. The number of nitrogens with zero attached hydrogens (tertiary/aromatic N) is 1. The highest BCUT2D eigenvalue weighted by Crippen LogP contribution is 2.08. The van der Waals surface area contributed by atoms with Gasteiger partial charge in [0.1, 0.15) is 0 Å². The molecule has 0 radical (unpaired) electrons. The van der Waals surface area contributed by atoms with Crippen LogP contribution in [0.5, 0.6) is 0 Å². The first-order valence-electron chi connectivity index (χ1n) is 5.71. The van der Waals surface area contributed by atoms with Crippen molar-refractivity contribution in [2.75, 3.05) is 18.8 Å². The molecule has 0 aromatic carbocycles. The first-order chi connectivity index (χ1) is 8.01. The van der Waals surface area contributed by atoms with Crippen molar-refractivity contribution in [1.29, 1.82) is 0 Å². The molecule has 0 saturated carbocycles. The maximum atomic E-state index is 10.8. The highest BCUT2D eigenvalue weighted by Gasteiger charge is 2.11. The van der Waals surface area contributed by atoms with Crippen molar-refractivity contribution < 1.29 is 8.42 Å². The fourth-order valence-electron chi connectivity index (χ4n) is 1.53. The highest BCUT2D eigenvalue weighted by atomic mass is 127. The number of nitrogens with one attached hydrogen (secondary N) is 2. The van der Waals surface area contributed by atoms with E-state index in [0.29, 0.717) is 12.0 Å². The summed E-state index contributed by atoms with van der Waals surface area (Å²) in [6.07, 6.45) is 6.18. The van der Waals surface area contributed by atoms with Gasteiger partial charge in [0, 0.05) is 12.6 Å². The summed E-state index contributed by atoms with van der Waals surface area (Å²) in [6, 6.07) is 0.349. The molecule has 6 nitrogen and oxygen atoms in total. The number of rotatable bonds is 5. The average Bonchev–Trinajstić information content (AvgIpc) is 2.68. The zero-order chi connectivity index (χ0) is 12.7. The van der Waals surface area contributed by atoms with Crippen LogP contribution in [0.4, 0.5) is 0 Å². The molecule has 0 spiro atoms. The van der Waals surface area contributed by atoms with Crippen LogP contribution in [0.1, 0.15) is 19.8 Å². The second-order valence-corrected chi connectivity index (χ2v) is 5.65. The van der Waals surface area contributed by atoms with Gasteiger partial charge < -0.3 is 10.6 Å².